The molecule has 0 aliphatic rings. The Balaban J connectivity index is 3.27. The van der Waals surface area contributed by atoms with Gasteiger partial charge in [0.25, 0.3) is 0 Å². The van der Waals surface area contributed by atoms with Crippen LogP contribution in [0.2, 0.25) is 0 Å². The Hall–Kier alpha value is -0.0400. The molecule has 0 aliphatic carbocycles. The molecule has 2 atom stereocenters. The number of unbranched alkanes of at least 4 members (excludes halogenated alkanes) is 26. The van der Waals surface area contributed by atoms with Gasteiger partial charge in [-0.1, -0.05) is 201 Å². The molecule has 1 heteroatoms. The second kappa shape index (κ2) is 31.2. The molecule has 218 valence electrons. The normalized spacial score (nSPS) is 13.3. The van der Waals surface area contributed by atoms with Gasteiger partial charge in [-0.05, 0) is 18.8 Å². The van der Waals surface area contributed by atoms with Crippen molar-refractivity contribution in [2.75, 3.05) is 0 Å². The topological polar surface area (TPSA) is 20.2 Å². The van der Waals surface area contributed by atoms with Crippen molar-refractivity contribution < 1.29 is 5.11 Å². The molecule has 0 aliphatic heterocycles. The lowest BCUT2D eigenvalue weighted by Crippen LogP contribution is -2.17. The summed E-state index contributed by atoms with van der Waals surface area (Å²) >= 11 is 0. The molecule has 1 N–H and O–H groups in total. The smallest absolute Gasteiger partial charge is 0.0565 e. The summed E-state index contributed by atoms with van der Waals surface area (Å²) in [5, 5.41) is 10.5. The summed E-state index contributed by atoms with van der Waals surface area (Å²) in [4.78, 5) is 0. The highest BCUT2D eigenvalue weighted by atomic mass is 16.3. The van der Waals surface area contributed by atoms with Crippen molar-refractivity contribution in [3.63, 3.8) is 0 Å². The van der Waals surface area contributed by atoms with E-state index in [9.17, 15) is 5.11 Å². The van der Waals surface area contributed by atoms with E-state index < -0.39 is 0 Å². The molecule has 0 aromatic carbocycles. The van der Waals surface area contributed by atoms with Crippen LogP contribution in [0.1, 0.15) is 213 Å². The van der Waals surface area contributed by atoms with Gasteiger partial charge in [0.05, 0.1) is 6.10 Å². The number of hydrogen-bond acceptors (Lipinski definition) is 1. The lowest BCUT2D eigenvalue weighted by Gasteiger charge is -2.18. The Morgan fingerprint density at radius 3 is 0.833 bits per heavy atom. The summed E-state index contributed by atoms with van der Waals surface area (Å²) < 4.78 is 0. The Kier molecular flexibility index (Phi) is 31.1. The molecule has 0 fully saturated rings. The van der Waals surface area contributed by atoms with E-state index in [0.717, 1.165) is 6.42 Å². The van der Waals surface area contributed by atoms with Gasteiger partial charge >= 0.3 is 0 Å². The summed E-state index contributed by atoms with van der Waals surface area (Å²) in [7, 11) is 0. The lowest BCUT2D eigenvalue weighted by molar-refractivity contribution is 0.0985. The highest BCUT2D eigenvalue weighted by Gasteiger charge is 2.13. The summed E-state index contributed by atoms with van der Waals surface area (Å²) in [6.07, 6.45) is 41.8. The third-order valence-electron chi connectivity index (χ3n) is 8.52. The highest BCUT2D eigenvalue weighted by molar-refractivity contribution is 4.65. The highest BCUT2D eigenvalue weighted by Crippen LogP contribution is 2.20. The van der Waals surface area contributed by atoms with Crippen LogP contribution in [-0.2, 0) is 0 Å². The third-order valence-corrected chi connectivity index (χ3v) is 8.52. The van der Waals surface area contributed by atoms with E-state index in [1.807, 2.05) is 0 Å². The van der Waals surface area contributed by atoms with E-state index >= 15 is 0 Å². The molecule has 0 spiro atoms. The molecule has 0 radical (unpaired) electrons. The van der Waals surface area contributed by atoms with Crippen LogP contribution in [-0.4, -0.2) is 11.2 Å². The van der Waals surface area contributed by atoms with Crippen LogP contribution in [0.5, 0.6) is 0 Å². The van der Waals surface area contributed by atoms with Gasteiger partial charge in [0, 0.05) is 0 Å². The van der Waals surface area contributed by atoms with E-state index in [4.69, 9.17) is 0 Å². The molecule has 1 nitrogen and oxygen atoms in total. The van der Waals surface area contributed by atoms with Gasteiger partial charge < -0.3 is 5.11 Å². The molecule has 36 heavy (non-hydrogen) atoms. The van der Waals surface area contributed by atoms with E-state index in [0.29, 0.717) is 5.92 Å². The van der Waals surface area contributed by atoms with Crippen LogP contribution in [0.25, 0.3) is 0 Å². The van der Waals surface area contributed by atoms with E-state index in [2.05, 4.69) is 20.8 Å². The molecule has 0 bridgehead atoms. The van der Waals surface area contributed by atoms with Crippen LogP contribution < -0.4 is 0 Å². The fourth-order valence-corrected chi connectivity index (χ4v) is 5.69. The molecular weight excluding hydrogens is 436 g/mol. The van der Waals surface area contributed by atoms with Gasteiger partial charge in [0.2, 0.25) is 0 Å². The quantitative estimate of drug-likeness (QED) is 0.0923. The van der Waals surface area contributed by atoms with Crippen molar-refractivity contribution in [3.8, 4) is 0 Å². The van der Waals surface area contributed by atoms with Crippen molar-refractivity contribution in [2.24, 2.45) is 5.92 Å². The second-order valence-corrected chi connectivity index (χ2v) is 12.3. The summed E-state index contributed by atoms with van der Waals surface area (Å²) in [5.41, 5.74) is 0. The maximum Gasteiger partial charge on any atom is 0.0565 e. The first-order valence-corrected chi connectivity index (χ1v) is 17.4. The minimum absolute atomic E-state index is 0.0655. The standard InChI is InChI=1S/C35H72O/c1-4-6-8-10-12-14-16-18-20-22-24-26-28-30-32-34(3)35(36)33-31-29-27-25-23-21-19-17-15-13-11-9-7-5-2/h34-36H,4-33H2,1-3H3. The molecule has 0 aromatic rings. The first kappa shape index (κ1) is 36.0. The third kappa shape index (κ3) is 28.5. The van der Waals surface area contributed by atoms with Crippen LogP contribution in [0.4, 0.5) is 0 Å². The lowest BCUT2D eigenvalue weighted by atomic mass is 9.93. The van der Waals surface area contributed by atoms with Gasteiger partial charge in [-0.2, -0.15) is 0 Å². The molecular formula is C35H72O. The Morgan fingerprint density at radius 1 is 0.333 bits per heavy atom. The fraction of sp³-hybridized carbons (Fsp3) is 1.00. The summed E-state index contributed by atoms with van der Waals surface area (Å²) in [6, 6.07) is 0. The molecule has 0 saturated carbocycles. The molecule has 0 aromatic heterocycles. The zero-order valence-electron chi connectivity index (χ0n) is 25.8. The van der Waals surface area contributed by atoms with Crippen molar-refractivity contribution in [1.29, 1.82) is 0 Å². The Bertz CT molecular complexity index is 343. The molecule has 0 heterocycles. The van der Waals surface area contributed by atoms with Crippen molar-refractivity contribution in [3.05, 3.63) is 0 Å². The second-order valence-electron chi connectivity index (χ2n) is 12.3. The minimum atomic E-state index is -0.0655. The van der Waals surface area contributed by atoms with Crippen LogP contribution >= 0.6 is 0 Å². The average molecular weight is 509 g/mol. The van der Waals surface area contributed by atoms with Crippen LogP contribution in [0.15, 0.2) is 0 Å². The molecule has 0 saturated heterocycles. The van der Waals surface area contributed by atoms with Crippen molar-refractivity contribution >= 4 is 0 Å². The monoisotopic (exact) mass is 509 g/mol. The maximum absolute atomic E-state index is 10.5. The maximum atomic E-state index is 10.5. The fourth-order valence-electron chi connectivity index (χ4n) is 5.69. The Labute approximate surface area is 230 Å². The first-order valence-electron chi connectivity index (χ1n) is 17.4. The van der Waals surface area contributed by atoms with Crippen LogP contribution in [0.3, 0.4) is 0 Å². The number of hydrogen-bond donors (Lipinski definition) is 1. The Morgan fingerprint density at radius 2 is 0.556 bits per heavy atom. The molecule has 2 unspecified atom stereocenters. The predicted octanol–water partition coefficient (Wildman–Crippen LogP) is 12.7. The van der Waals surface area contributed by atoms with Gasteiger partial charge in [0.15, 0.2) is 0 Å². The van der Waals surface area contributed by atoms with Gasteiger partial charge in [-0.15, -0.1) is 0 Å². The predicted molar refractivity (Wildman–Crippen MR) is 165 cm³/mol. The number of aliphatic hydroxyl groups excluding tert-OH is 1. The summed E-state index contributed by atoms with van der Waals surface area (Å²) in [5.74, 6) is 0.490. The molecule has 0 rings (SSSR count). The zero-order valence-corrected chi connectivity index (χ0v) is 25.8. The molecule has 0 amide bonds. The van der Waals surface area contributed by atoms with E-state index in [-0.39, 0.29) is 6.10 Å². The number of aliphatic hydroxyl groups is 1. The SMILES string of the molecule is CCCCCCCCCCCCCCCCC(C)C(O)CCCCCCCCCCCCCCCC. The zero-order chi connectivity index (χ0) is 26.4. The largest absolute Gasteiger partial charge is 0.393 e. The first-order chi connectivity index (χ1) is 17.7. The van der Waals surface area contributed by atoms with Gasteiger partial charge in [0.1, 0.15) is 0 Å². The minimum Gasteiger partial charge on any atom is -0.393 e. The average Bonchev–Trinajstić information content (AvgIpc) is 2.88. The van der Waals surface area contributed by atoms with Crippen molar-refractivity contribution in [1.82, 2.24) is 0 Å². The summed E-state index contributed by atoms with van der Waals surface area (Å²) in [6.45, 7) is 6.87. The van der Waals surface area contributed by atoms with E-state index in [1.54, 1.807) is 0 Å². The van der Waals surface area contributed by atoms with Gasteiger partial charge in [-0.3, -0.25) is 0 Å². The van der Waals surface area contributed by atoms with Crippen LogP contribution in [0, 0.1) is 5.92 Å². The van der Waals surface area contributed by atoms with Crippen molar-refractivity contribution in [2.45, 2.75) is 219 Å². The number of rotatable bonds is 31. The van der Waals surface area contributed by atoms with E-state index in [1.165, 1.54) is 186 Å². The van der Waals surface area contributed by atoms with Gasteiger partial charge in [-0.25, -0.2) is 0 Å².